The Bertz CT molecular complexity index is 542. The Labute approximate surface area is 165 Å². The van der Waals surface area contributed by atoms with Gasteiger partial charge in [-0.3, -0.25) is 4.99 Å². The molecule has 154 valence electrons. The molecular formula is C22H39N3O2. The molecule has 27 heavy (non-hydrogen) atoms. The molecule has 3 atom stereocenters. The molecule has 0 aromatic heterocycles. The van der Waals surface area contributed by atoms with E-state index < -0.39 is 0 Å². The van der Waals surface area contributed by atoms with E-state index in [1.165, 1.54) is 32.1 Å². The van der Waals surface area contributed by atoms with Crippen LogP contribution >= 0.6 is 0 Å². The Kier molecular flexibility index (Phi) is 5.45. The van der Waals surface area contributed by atoms with Crippen LogP contribution < -0.4 is 5.32 Å². The fraction of sp³-hybridized carbons (Fsp3) is 0.955. The number of nitrogens with one attached hydrogen (secondary N) is 1. The maximum absolute atomic E-state index is 6.21. The summed E-state index contributed by atoms with van der Waals surface area (Å²) in [5.41, 5.74) is 0.326. The number of hydrogen-bond acceptors (Lipinski definition) is 3. The van der Waals surface area contributed by atoms with E-state index in [9.17, 15) is 0 Å². The zero-order valence-electron chi connectivity index (χ0n) is 17.8. The van der Waals surface area contributed by atoms with E-state index in [0.29, 0.717) is 29.6 Å². The minimum absolute atomic E-state index is 0.0519. The van der Waals surface area contributed by atoms with Gasteiger partial charge >= 0.3 is 0 Å². The lowest BCUT2D eigenvalue weighted by Crippen LogP contribution is -2.69. The van der Waals surface area contributed by atoms with E-state index in [2.05, 4.69) is 37.9 Å². The lowest BCUT2D eigenvalue weighted by atomic mass is 9.54. The standard InChI is InChI=1S/C22H39N3O2/c1-5-23-20(25-13-8-16(9-14-25)27-21(2,3)4)24-18-17-10-15-26-19(17)22(18)11-6-7-12-22/h16-19H,5-15H2,1-4H3,(H,23,24). The fourth-order valence-corrected chi connectivity index (χ4v) is 6.12. The molecule has 0 aromatic rings. The molecule has 4 fully saturated rings. The third kappa shape index (κ3) is 3.74. The Morgan fingerprint density at radius 3 is 2.52 bits per heavy atom. The zero-order valence-corrected chi connectivity index (χ0v) is 17.8. The number of aliphatic imine (C=N–C) groups is 1. The maximum atomic E-state index is 6.21. The third-order valence-corrected chi connectivity index (χ3v) is 7.14. The van der Waals surface area contributed by atoms with Crippen molar-refractivity contribution < 1.29 is 9.47 Å². The highest BCUT2D eigenvalue weighted by atomic mass is 16.5. The largest absolute Gasteiger partial charge is 0.377 e. The molecule has 4 aliphatic rings. The van der Waals surface area contributed by atoms with Crippen molar-refractivity contribution in [1.82, 2.24) is 10.2 Å². The Morgan fingerprint density at radius 2 is 1.89 bits per heavy atom. The van der Waals surface area contributed by atoms with Gasteiger partial charge in [0.25, 0.3) is 0 Å². The second-order valence-corrected chi connectivity index (χ2v) is 10.0. The van der Waals surface area contributed by atoms with Crippen molar-refractivity contribution in [1.29, 1.82) is 0 Å². The van der Waals surface area contributed by atoms with Gasteiger partial charge in [-0.25, -0.2) is 0 Å². The highest BCUT2D eigenvalue weighted by Gasteiger charge is 2.65. The molecule has 2 aliphatic heterocycles. The molecule has 1 N–H and O–H groups in total. The van der Waals surface area contributed by atoms with Crippen molar-refractivity contribution in [2.75, 3.05) is 26.2 Å². The summed E-state index contributed by atoms with van der Waals surface area (Å²) in [5, 5.41) is 3.95. The average molecular weight is 378 g/mol. The molecule has 1 spiro atoms. The van der Waals surface area contributed by atoms with Crippen molar-refractivity contribution in [2.24, 2.45) is 16.3 Å². The smallest absolute Gasteiger partial charge is 0.194 e. The van der Waals surface area contributed by atoms with E-state index in [0.717, 1.165) is 45.0 Å². The summed E-state index contributed by atoms with van der Waals surface area (Å²) >= 11 is 0. The van der Waals surface area contributed by atoms with Crippen molar-refractivity contribution >= 4 is 5.96 Å². The van der Waals surface area contributed by atoms with Gasteiger partial charge < -0.3 is 19.7 Å². The molecule has 4 rings (SSSR count). The van der Waals surface area contributed by atoms with Gasteiger partial charge in [0.1, 0.15) is 0 Å². The number of rotatable bonds is 3. The number of likely N-dealkylation sites (tertiary alicyclic amines) is 1. The topological polar surface area (TPSA) is 46.1 Å². The summed E-state index contributed by atoms with van der Waals surface area (Å²) in [4.78, 5) is 7.36. The summed E-state index contributed by atoms with van der Waals surface area (Å²) in [6.07, 6.45) is 9.65. The summed E-state index contributed by atoms with van der Waals surface area (Å²) in [7, 11) is 0. The molecular weight excluding hydrogens is 338 g/mol. The van der Waals surface area contributed by atoms with Crippen molar-refractivity contribution in [2.45, 2.75) is 96.5 Å². The minimum Gasteiger partial charge on any atom is -0.377 e. The quantitative estimate of drug-likeness (QED) is 0.603. The zero-order chi connectivity index (χ0) is 19.1. The van der Waals surface area contributed by atoms with Gasteiger partial charge in [-0.2, -0.15) is 0 Å². The van der Waals surface area contributed by atoms with Gasteiger partial charge in [-0.1, -0.05) is 12.8 Å². The maximum Gasteiger partial charge on any atom is 0.194 e. The third-order valence-electron chi connectivity index (χ3n) is 7.14. The Hall–Kier alpha value is -0.810. The molecule has 0 aromatic carbocycles. The molecule has 3 unspecified atom stereocenters. The molecule has 5 heteroatoms. The Morgan fingerprint density at radius 1 is 1.19 bits per heavy atom. The van der Waals surface area contributed by atoms with E-state index in [1.54, 1.807) is 0 Å². The number of guanidine groups is 1. The van der Waals surface area contributed by atoms with Crippen LogP contribution in [-0.4, -0.2) is 61.0 Å². The van der Waals surface area contributed by atoms with Crippen molar-refractivity contribution in [3.63, 3.8) is 0 Å². The van der Waals surface area contributed by atoms with Crippen LogP contribution in [0, 0.1) is 11.3 Å². The number of ether oxygens (including phenoxy) is 2. The first kappa shape index (κ1) is 19.5. The van der Waals surface area contributed by atoms with Crippen LogP contribution in [0.4, 0.5) is 0 Å². The fourth-order valence-electron chi connectivity index (χ4n) is 6.12. The molecule has 2 aliphatic carbocycles. The second kappa shape index (κ2) is 7.55. The van der Waals surface area contributed by atoms with Crippen LogP contribution in [0.15, 0.2) is 4.99 Å². The summed E-state index contributed by atoms with van der Waals surface area (Å²) in [5.74, 6) is 1.82. The molecule has 0 radical (unpaired) electrons. The van der Waals surface area contributed by atoms with Crippen molar-refractivity contribution in [3.05, 3.63) is 0 Å². The van der Waals surface area contributed by atoms with Crippen LogP contribution in [0.1, 0.15) is 72.6 Å². The van der Waals surface area contributed by atoms with Gasteiger partial charge in [0.15, 0.2) is 5.96 Å². The number of nitrogens with zero attached hydrogens (tertiary/aromatic N) is 2. The van der Waals surface area contributed by atoms with E-state index in [-0.39, 0.29) is 5.60 Å². The lowest BCUT2D eigenvalue weighted by Gasteiger charge is -2.57. The summed E-state index contributed by atoms with van der Waals surface area (Å²) < 4.78 is 12.4. The molecule has 2 saturated carbocycles. The van der Waals surface area contributed by atoms with E-state index in [1.807, 2.05) is 0 Å². The first-order chi connectivity index (χ1) is 12.9. The normalized spacial score (nSPS) is 34.0. The van der Waals surface area contributed by atoms with Gasteiger partial charge in [0, 0.05) is 43.6 Å². The summed E-state index contributed by atoms with van der Waals surface area (Å²) in [6, 6.07) is 0.557. The van der Waals surface area contributed by atoms with Crippen molar-refractivity contribution in [3.8, 4) is 0 Å². The van der Waals surface area contributed by atoms with Crippen LogP contribution in [0.3, 0.4) is 0 Å². The van der Waals surface area contributed by atoms with Gasteiger partial charge in [0.2, 0.25) is 0 Å². The van der Waals surface area contributed by atoms with E-state index >= 15 is 0 Å². The van der Waals surface area contributed by atoms with Gasteiger partial charge in [0.05, 0.1) is 17.8 Å². The molecule has 0 bridgehead atoms. The highest BCUT2D eigenvalue weighted by Crippen LogP contribution is 2.60. The van der Waals surface area contributed by atoms with Gasteiger partial charge in [-0.15, -0.1) is 0 Å². The minimum atomic E-state index is -0.0519. The predicted octanol–water partition coefficient (Wildman–Crippen LogP) is 3.58. The van der Waals surface area contributed by atoms with Crippen LogP contribution in [0.5, 0.6) is 0 Å². The van der Waals surface area contributed by atoms with Crippen LogP contribution in [-0.2, 0) is 9.47 Å². The predicted molar refractivity (Wildman–Crippen MR) is 109 cm³/mol. The second-order valence-electron chi connectivity index (χ2n) is 10.0. The molecule has 5 nitrogen and oxygen atoms in total. The lowest BCUT2D eigenvalue weighted by molar-refractivity contribution is -0.125. The first-order valence-corrected chi connectivity index (χ1v) is 11.3. The molecule has 2 heterocycles. The van der Waals surface area contributed by atoms with Crippen LogP contribution in [0.2, 0.25) is 0 Å². The Balaban J connectivity index is 1.40. The SMILES string of the molecule is CCN=C(NC1C2CCOC2C12CCCC2)N1CCC(OC(C)(C)C)CC1. The monoisotopic (exact) mass is 377 g/mol. The van der Waals surface area contributed by atoms with Crippen LogP contribution in [0.25, 0.3) is 0 Å². The average Bonchev–Trinajstić information content (AvgIpc) is 3.26. The first-order valence-electron chi connectivity index (χ1n) is 11.3. The number of piperidine rings is 1. The number of fused-ring (bicyclic) bond motifs is 2. The van der Waals surface area contributed by atoms with E-state index in [4.69, 9.17) is 14.5 Å². The molecule has 0 amide bonds. The summed E-state index contributed by atoms with van der Waals surface area (Å²) in [6.45, 7) is 12.5. The highest BCUT2D eigenvalue weighted by molar-refractivity contribution is 5.80. The number of hydrogen-bond donors (Lipinski definition) is 1. The molecule has 2 saturated heterocycles. The van der Waals surface area contributed by atoms with Gasteiger partial charge in [-0.05, 0) is 59.8 Å².